The maximum absolute atomic E-state index is 11.9. The van der Waals surface area contributed by atoms with Crippen LogP contribution in [-0.4, -0.2) is 27.5 Å². The Morgan fingerprint density at radius 2 is 2.24 bits per heavy atom. The van der Waals surface area contributed by atoms with Crippen molar-refractivity contribution >= 4 is 35.3 Å². The van der Waals surface area contributed by atoms with Crippen molar-refractivity contribution in [1.29, 1.82) is 0 Å². The van der Waals surface area contributed by atoms with Gasteiger partial charge in [0.1, 0.15) is 0 Å². The van der Waals surface area contributed by atoms with E-state index >= 15 is 0 Å². The highest BCUT2D eigenvalue weighted by Crippen LogP contribution is 2.25. The SMILES string of the molecule is C=CCc1c(O)[nH]c(=O)c2cc(NC(=O)N(C)S)ccc12. The van der Waals surface area contributed by atoms with Crippen LogP contribution in [0.3, 0.4) is 0 Å². The monoisotopic (exact) mass is 305 g/mol. The number of thiol groups is 1. The summed E-state index contributed by atoms with van der Waals surface area (Å²) in [4.78, 5) is 25.9. The number of aromatic hydroxyl groups is 1. The molecule has 2 aromatic rings. The molecule has 1 aromatic carbocycles. The molecule has 1 heterocycles. The van der Waals surface area contributed by atoms with Crippen molar-refractivity contribution in [3.8, 4) is 5.88 Å². The molecule has 0 fully saturated rings. The molecule has 21 heavy (non-hydrogen) atoms. The van der Waals surface area contributed by atoms with Crippen molar-refractivity contribution in [2.75, 3.05) is 12.4 Å². The lowest BCUT2D eigenvalue weighted by molar-refractivity contribution is 0.243. The molecule has 0 saturated heterocycles. The minimum absolute atomic E-state index is 0.167. The fraction of sp³-hybridized carbons (Fsp3) is 0.143. The molecule has 0 unspecified atom stereocenters. The summed E-state index contributed by atoms with van der Waals surface area (Å²) in [5.41, 5.74) is 0.628. The van der Waals surface area contributed by atoms with Gasteiger partial charge in [-0.15, -0.1) is 6.58 Å². The average molecular weight is 305 g/mol. The van der Waals surface area contributed by atoms with Crippen LogP contribution in [0.2, 0.25) is 0 Å². The molecule has 110 valence electrons. The van der Waals surface area contributed by atoms with Gasteiger partial charge < -0.3 is 10.4 Å². The molecule has 2 rings (SSSR count). The maximum atomic E-state index is 11.9. The molecule has 2 amide bonds. The summed E-state index contributed by atoms with van der Waals surface area (Å²) in [7, 11) is 1.49. The van der Waals surface area contributed by atoms with Crippen LogP contribution >= 0.6 is 12.8 Å². The van der Waals surface area contributed by atoms with Gasteiger partial charge in [0.15, 0.2) is 5.88 Å². The van der Waals surface area contributed by atoms with Crippen molar-refractivity contribution in [3.63, 3.8) is 0 Å². The lowest BCUT2D eigenvalue weighted by Crippen LogP contribution is -2.23. The zero-order chi connectivity index (χ0) is 15.6. The number of amides is 2. The number of urea groups is 1. The molecule has 0 bridgehead atoms. The number of hydrogen-bond donors (Lipinski definition) is 4. The fourth-order valence-corrected chi connectivity index (χ4v) is 2.06. The number of benzene rings is 1. The third-order valence-corrected chi connectivity index (χ3v) is 3.18. The van der Waals surface area contributed by atoms with Gasteiger partial charge in [-0.2, -0.15) is 0 Å². The Bertz CT molecular complexity index is 768. The van der Waals surface area contributed by atoms with E-state index in [-0.39, 0.29) is 5.88 Å². The van der Waals surface area contributed by atoms with Crippen LogP contribution in [0.4, 0.5) is 10.5 Å². The molecule has 0 radical (unpaired) electrons. The first-order valence-electron chi connectivity index (χ1n) is 6.16. The Morgan fingerprint density at radius 1 is 1.52 bits per heavy atom. The Balaban J connectivity index is 2.56. The number of fused-ring (bicyclic) bond motifs is 1. The van der Waals surface area contributed by atoms with Crippen molar-refractivity contribution in [1.82, 2.24) is 9.29 Å². The summed E-state index contributed by atoms with van der Waals surface area (Å²) >= 11 is 3.88. The molecule has 1 aromatic heterocycles. The van der Waals surface area contributed by atoms with Crippen LogP contribution in [0.15, 0.2) is 35.6 Å². The summed E-state index contributed by atoms with van der Waals surface area (Å²) in [6, 6.07) is 4.47. The first-order chi connectivity index (χ1) is 9.93. The number of H-pyrrole nitrogens is 1. The number of nitrogens with one attached hydrogen (secondary N) is 2. The van der Waals surface area contributed by atoms with E-state index in [9.17, 15) is 14.7 Å². The van der Waals surface area contributed by atoms with Gasteiger partial charge in [-0.1, -0.05) is 25.0 Å². The molecular weight excluding hydrogens is 290 g/mol. The number of aromatic nitrogens is 1. The second-order valence-electron chi connectivity index (χ2n) is 4.49. The summed E-state index contributed by atoms with van der Waals surface area (Å²) in [5.74, 6) is -0.167. The normalized spacial score (nSPS) is 10.4. The average Bonchev–Trinajstić information content (AvgIpc) is 2.43. The largest absolute Gasteiger partial charge is 0.494 e. The molecular formula is C14H15N3O3S. The lowest BCUT2D eigenvalue weighted by Gasteiger charge is -2.12. The van der Waals surface area contributed by atoms with E-state index in [1.54, 1.807) is 24.3 Å². The predicted molar refractivity (Wildman–Crippen MR) is 85.9 cm³/mol. The number of carbonyl (C=O) groups excluding carboxylic acids is 1. The van der Waals surface area contributed by atoms with Crippen molar-refractivity contribution < 1.29 is 9.90 Å². The van der Waals surface area contributed by atoms with E-state index in [4.69, 9.17) is 0 Å². The van der Waals surface area contributed by atoms with Gasteiger partial charge in [-0.05, 0) is 23.9 Å². The Hall–Kier alpha value is -2.41. The van der Waals surface area contributed by atoms with E-state index in [1.165, 1.54) is 7.05 Å². The van der Waals surface area contributed by atoms with Crippen molar-refractivity contribution in [3.05, 3.63) is 46.8 Å². The number of allylic oxidation sites excluding steroid dienone is 1. The van der Waals surface area contributed by atoms with Gasteiger partial charge in [0.25, 0.3) is 5.56 Å². The van der Waals surface area contributed by atoms with E-state index < -0.39 is 11.6 Å². The first kappa shape index (κ1) is 15.0. The molecule has 3 N–H and O–H groups in total. The second kappa shape index (κ2) is 5.92. The summed E-state index contributed by atoms with van der Waals surface area (Å²) in [6.45, 7) is 3.63. The molecule has 0 atom stereocenters. The topological polar surface area (TPSA) is 85.4 Å². The van der Waals surface area contributed by atoms with E-state index in [1.807, 2.05) is 0 Å². The van der Waals surface area contributed by atoms with Crippen LogP contribution in [0.5, 0.6) is 5.88 Å². The number of pyridine rings is 1. The van der Waals surface area contributed by atoms with Crippen molar-refractivity contribution in [2.45, 2.75) is 6.42 Å². The van der Waals surface area contributed by atoms with Crippen LogP contribution in [-0.2, 0) is 6.42 Å². The molecule has 0 spiro atoms. The van der Waals surface area contributed by atoms with Gasteiger partial charge in [0.05, 0.1) is 0 Å². The van der Waals surface area contributed by atoms with Gasteiger partial charge in [-0.25, -0.2) is 4.79 Å². The van der Waals surface area contributed by atoms with Gasteiger partial charge >= 0.3 is 6.03 Å². The quantitative estimate of drug-likeness (QED) is 0.518. The predicted octanol–water partition coefficient (Wildman–Crippen LogP) is 2.27. The van der Waals surface area contributed by atoms with Crippen LogP contribution < -0.4 is 10.9 Å². The minimum Gasteiger partial charge on any atom is -0.494 e. The van der Waals surface area contributed by atoms with E-state index in [2.05, 4.69) is 29.7 Å². The molecule has 0 aliphatic carbocycles. The smallest absolute Gasteiger partial charge is 0.331 e. The molecule has 0 saturated carbocycles. The van der Waals surface area contributed by atoms with Crippen LogP contribution in [0.1, 0.15) is 5.56 Å². The van der Waals surface area contributed by atoms with E-state index in [0.717, 1.165) is 4.31 Å². The number of aromatic amines is 1. The first-order valence-corrected chi connectivity index (χ1v) is 6.56. The highest BCUT2D eigenvalue weighted by atomic mass is 32.1. The molecule has 0 aliphatic heterocycles. The number of rotatable bonds is 3. The summed E-state index contributed by atoms with van der Waals surface area (Å²) < 4.78 is 1.09. The third-order valence-electron chi connectivity index (χ3n) is 3.00. The van der Waals surface area contributed by atoms with Gasteiger partial charge in [-0.3, -0.25) is 14.1 Å². The van der Waals surface area contributed by atoms with Gasteiger partial charge in [0.2, 0.25) is 0 Å². The molecule has 6 nitrogen and oxygen atoms in total. The summed E-state index contributed by atoms with van der Waals surface area (Å²) in [6.07, 6.45) is 2.06. The molecule has 0 aliphatic rings. The Morgan fingerprint density at radius 3 is 2.86 bits per heavy atom. The molecule has 7 heteroatoms. The number of nitrogens with zero attached hydrogens (tertiary/aromatic N) is 1. The number of carbonyl (C=O) groups is 1. The fourth-order valence-electron chi connectivity index (χ4n) is 2.01. The highest BCUT2D eigenvalue weighted by Gasteiger charge is 2.12. The number of hydrogen-bond acceptors (Lipinski definition) is 4. The lowest BCUT2D eigenvalue weighted by atomic mass is 10.0. The van der Waals surface area contributed by atoms with Gasteiger partial charge in [0, 0.05) is 23.7 Å². The third kappa shape index (κ3) is 3.03. The highest BCUT2D eigenvalue weighted by molar-refractivity contribution is 7.78. The zero-order valence-electron chi connectivity index (χ0n) is 11.4. The maximum Gasteiger partial charge on any atom is 0.331 e. The van der Waals surface area contributed by atoms with Crippen molar-refractivity contribution in [2.24, 2.45) is 0 Å². The number of anilines is 1. The minimum atomic E-state index is -0.425. The van der Waals surface area contributed by atoms with E-state index in [0.29, 0.717) is 28.4 Å². The standard InChI is InChI=1S/C14H15N3O3S/c1-3-4-10-9-6-5-8(15-14(20)17(2)21)7-11(9)13(19)16-12(10)18/h3,5-7,21H,1,4H2,2H3,(H,15,20)(H2,16,18,19). The second-order valence-corrected chi connectivity index (χ2v) is 5.09. The van der Waals surface area contributed by atoms with Crippen LogP contribution in [0, 0.1) is 0 Å². The Labute approximate surface area is 126 Å². The van der Waals surface area contributed by atoms with Crippen LogP contribution in [0.25, 0.3) is 10.8 Å². The Kier molecular flexibility index (Phi) is 4.23. The summed E-state index contributed by atoms with van der Waals surface area (Å²) in [5, 5.41) is 13.4. The zero-order valence-corrected chi connectivity index (χ0v) is 12.3.